The standard InChI is InChI=1S/C17H14BrNO2.C10H8/c18-14-10-11-19(17(21)12-6-2-1-3-7-12)15-9-5-4-8-13(15)16(14)20;1-2-5-9-7-4-8-10(9)6-3-1/h1-9,14H,10-11H2;1-8H. The Morgan fingerprint density at radius 2 is 1.29 bits per heavy atom. The molecule has 0 spiro atoms. The highest BCUT2D eigenvalue weighted by Gasteiger charge is 2.30. The first-order chi connectivity index (χ1) is 15.1. The molecule has 31 heavy (non-hydrogen) atoms. The molecule has 2 aliphatic carbocycles. The summed E-state index contributed by atoms with van der Waals surface area (Å²) in [4.78, 5) is 26.5. The molecule has 0 aromatic heterocycles. The van der Waals surface area contributed by atoms with Crippen LogP contribution >= 0.6 is 15.9 Å². The number of amides is 1. The minimum atomic E-state index is -0.243. The first-order valence-electron chi connectivity index (χ1n) is 10.2. The second-order valence-electron chi connectivity index (χ2n) is 7.31. The number of halogens is 1. The molecule has 154 valence electrons. The predicted molar refractivity (Wildman–Crippen MR) is 129 cm³/mol. The van der Waals surface area contributed by atoms with E-state index in [9.17, 15) is 9.59 Å². The van der Waals surface area contributed by atoms with E-state index in [2.05, 4.69) is 58.4 Å². The van der Waals surface area contributed by atoms with Gasteiger partial charge < -0.3 is 4.90 Å². The van der Waals surface area contributed by atoms with Crippen LogP contribution in [-0.2, 0) is 0 Å². The zero-order valence-electron chi connectivity index (χ0n) is 16.9. The van der Waals surface area contributed by atoms with Crippen molar-refractivity contribution in [1.29, 1.82) is 0 Å². The van der Waals surface area contributed by atoms with E-state index in [1.165, 1.54) is 11.1 Å². The largest absolute Gasteiger partial charge is 0.308 e. The molecule has 0 saturated heterocycles. The fourth-order valence-electron chi connectivity index (χ4n) is 3.66. The third kappa shape index (κ3) is 4.75. The third-order valence-electron chi connectivity index (χ3n) is 5.28. The van der Waals surface area contributed by atoms with Gasteiger partial charge in [-0.2, -0.15) is 0 Å². The topological polar surface area (TPSA) is 37.4 Å². The van der Waals surface area contributed by atoms with Crippen molar-refractivity contribution in [2.24, 2.45) is 0 Å². The molecule has 0 fully saturated rings. The Labute approximate surface area is 190 Å². The zero-order chi connectivity index (χ0) is 21.6. The van der Waals surface area contributed by atoms with Crippen LogP contribution in [0.15, 0.2) is 103 Å². The number of nitrogens with zero attached hydrogens (tertiary/aromatic N) is 1. The molecule has 1 heterocycles. The van der Waals surface area contributed by atoms with Gasteiger partial charge in [0.25, 0.3) is 5.91 Å². The zero-order valence-corrected chi connectivity index (χ0v) is 18.5. The van der Waals surface area contributed by atoms with Crippen LogP contribution in [0.4, 0.5) is 5.69 Å². The van der Waals surface area contributed by atoms with Gasteiger partial charge in [0.2, 0.25) is 0 Å². The number of ketones is 1. The maximum absolute atomic E-state index is 12.7. The van der Waals surface area contributed by atoms with Gasteiger partial charge in [0.05, 0.1) is 10.5 Å². The fourth-order valence-corrected chi connectivity index (χ4v) is 4.11. The van der Waals surface area contributed by atoms with E-state index in [1.807, 2.05) is 42.5 Å². The van der Waals surface area contributed by atoms with Crippen LogP contribution < -0.4 is 4.90 Å². The number of Topliss-reactive ketones (excluding diaryl/α,β-unsaturated/α-hetero) is 1. The summed E-state index contributed by atoms with van der Waals surface area (Å²) in [5.41, 5.74) is 4.54. The third-order valence-corrected chi connectivity index (χ3v) is 6.15. The average molecular weight is 472 g/mol. The van der Waals surface area contributed by atoms with Gasteiger partial charge in [-0.15, -0.1) is 0 Å². The number of benzene rings is 2. The van der Waals surface area contributed by atoms with E-state index in [0.29, 0.717) is 29.8 Å². The number of alkyl halides is 1. The van der Waals surface area contributed by atoms with Crippen LogP contribution in [0.3, 0.4) is 0 Å². The van der Waals surface area contributed by atoms with Crippen LogP contribution in [0.1, 0.15) is 27.1 Å². The van der Waals surface area contributed by atoms with Gasteiger partial charge in [-0.25, -0.2) is 0 Å². The van der Waals surface area contributed by atoms with Gasteiger partial charge in [-0.1, -0.05) is 94.8 Å². The molecule has 0 N–H and O–H groups in total. The lowest BCUT2D eigenvalue weighted by molar-refractivity contribution is 0.0978. The Balaban J connectivity index is 0.000000192. The predicted octanol–water partition coefficient (Wildman–Crippen LogP) is 6.47. The summed E-state index contributed by atoms with van der Waals surface area (Å²) in [6.45, 7) is 0.520. The minimum absolute atomic E-state index is 0.0361. The van der Waals surface area contributed by atoms with Gasteiger partial charge in [-0.3, -0.25) is 9.59 Å². The minimum Gasteiger partial charge on any atom is -0.308 e. The molecule has 0 bridgehead atoms. The van der Waals surface area contributed by atoms with Crippen LogP contribution in [0.2, 0.25) is 0 Å². The molecule has 1 amide bonds. The van der Waals surface area contributed by atoms with Crippen molar-refractivity contribution in [1.82, 2.24) is 0 Å². The van der Waals surface area contributed by atoms with Crippen LogP contribution in [0, 0.1) is 0 Å². The molecule has 0 saturated carbocycles. The SMILES string of the molecule is O=C1c2ccccc2N(C(=O)c2ccccc2)CCC1Br.c1ccc2cccc-2cc1. The molecule has 0 radical (unpaired) electrons. The first kappa shape index (κ1) is 21.0. The van der Waals surface area contributed by atoms with Crippen molar-refractivity contribution in [3.05, 3.63) is 114 Å². The van der Waals surface area contributed by atoms with Crippen molar-refractivity contribution in [3.8, 4) is 11.1 Å². The Bertz CT molecular complexity index is 1130. The number of hydrogen-bond acceptors (Lipinski definition) is 2. The molecule has 1 unspecified atom stereocenters. The van der Waals surface area contributed by atoms with E-state index < -0.39 is 0 Å². The monoisotopic (exact) mass is 471 g/mol. The summed E-state index contributed by atoms with van der Waals surface area (Å²) in [6, 6.07) is 33.2. The van der Waals surface area contributed by atoms with Crippen molar-refractivity contribution >= 4 is 33.3 Å². The number of hydrogen-bond donors (Lipinski definition) is 0. The highest BCUT2D eigenvalue weighted by Crippen LogP contribution is 2.30. The number of anilines is 1. The number of fused-ring (bicyclic) bond motifs is 2. The first-order valence-corrected chi connectivity index (χ1v) is 11.1. The lowest BCUT2D eigenvalue weighted by Gasteiger charge is -2.22. The Kier molecular flexibility index (Phi) is 6.58. The van der Waals surface area contributed by atoms with Gasteiger partial charge in [0.15, 0.2) is 5.78 Å². The van der Waals surface area contributed by atoms with Gasteiger partial charge in [0, 0.05) is 17.7 Å². The fraction of sp³-hybridized carbons (Fsp3) is 0.111. The smallest absolute Gasteiger partial charge is 0.258 e. The van der Waals surface area contributed by atoms with Crippen molar-refractivity contribution in [2.45, 2.75) is 11.2 Å². The van der Waals surface area contributed by atoms with E-state index in [4.69, 9.17) is 0 Å². The molecule has 1 aliphatic heterocycles. The summed E-state index contributed by atoms with van der Waals surface area (Å²) >= 11 is 3.42. The van der Waals surface area contributed by atoms with Gasteiger partial charge in [-0.05, 0) is 41.8 Å². The molecule has 4 heteroatoms. The second kappa shape index (κ2) is 9.71. The average Bonchev–Trinajstić information content (AvgIpc) is 3.08. The van der Waals surface area contributed by atoms with Crippen LogP contribution in [0.5, 0.6) is 0 Å². The molecule has 3 nitrogen and oxygen atoms in total. The van der Waals surface area contributed by atoms with Crippen LogP contribution in [0.25, 0.3) is 11.1 Å². The summed E-state index contributed by atoms with van der Waals surface area (Å²) in [5, 5.41) is 0. The number of rotatable bonds is 1. The normalized spacial score (nSPS) is 15.5. The lowest BCUT2D eigenvalue weighted by atomic mass is 10.1. The van der Waals surface area contributed by atoms with Gasteiger partial charge in [0.1, 0.15) is 0 Å². The Morgan fingerprint density at radius 1 is 0.742 bits per heavy atom. The molecule has 2 aromatic rings. The maximum Gasteiger partial charge on any atom is 0.258 e. The summed E-state index contributed by atoms with van der Waals surface area (Å²) in [6.07, 6.45) is 0.603. The Hall–Kier alpha value is -3.24. The molecule has 1 atom stereocenters. The van der Waals surface area contributed by atoms with Crippen molar-refractivity contribution in [2.75, 3.05) is 11.4 Å². The second-order valence-corrected chi connectivity index (χ2v) is 8.41. The highest BCUT2D eigenvalue weighted by atomic mass is 79.9. The van der Waals surface area contributed by atoms with E-state index in [0.717, 1.165) is 0 Å². The maximum atomic E-state index is 12.7. The highest BCUT2D eigenvalue weighted by molar-refractivity contribution is 9.10. The summed E-state index contributed by atoms with van der Waals surface area (Å²) in [7, 11) is 0. The number of carbonyl (C=O) groups is 2. The van der Waals surface area contributed by atoms with E-state index >= 15 is 0 Å². The number of para-hydroxylation sites is 1. The number of carbonyl (C=O) groups excluding carboxylic acids is 2. The van der Waals surface area contributed by atoms with E-state index in [1.54, 1.807) is 23.1 Å². The summed E-state index contributed by atoms with van der Waals surface area (Å²) in [5.74, 6) is -0.0357. The molecule has 3 aliphatic rings. The Morgan fingerprint density at radius 3 is 1.97 bits per heavy atom. The molecule has 2 aromatic carbocycles. The van der Waals surface area contributed by atoms with Crippen LogP contribution in [-0.4, -0.2) is 23.1 Å². The quantitative estimate of drug-likeness (QED) is 0.298. The molecular weight excluding hydrogens is 450 g/mol. The lowest BCUT2D eigenvalue weighted by Crippen LogP contribution is -2.32. The molecular formula is C27H22BrNO2. The van der Waals surface area contributed by atoms with Crippen molar-refractivity contribution < 1.29 is 9.59 Å². The summed E-state index contributed by atoms with van der Waals surface area (Å²) < 4.78 is 0. The van der Waals surface area contributed by atoms with Gasteiger partial charge >= 0.3 is 0 Å². The van der Waals surface area contributed by atoms with E-state index in [-0.39, 0.29) is 16.5 Å². The molecule has 5 rings (SSSR count). The van der Waals surface area contributed by atoms with Crippen molar-refractivity contribution in [3.63, 3.8) is 0 Å².